The van der Waals surface area contributed by atoms with E-state index in [-0.39, 0.29) is 11.9 Å². The second-order valence-corrected chi connectivity index (χ2v) is 5.59. The monoisotopic (exact) mass is 293 g/mol. The minimum atomic E-state index is 0.185. The summed E-state index contributed by atoms with van der Waals surface area (Å²) < 4.78 is 11.3. The summed E-state index contributed by atoms with van der Waals surface area (Å²) in [6.07, 6.45) is 4.45. The molecule has 0 radical (unpaired) electrons. The van der Waals surface area contributed by atoms with Crippen LogP contribution in [0, 0.1) is 0 Å². The minimum absolute atomic E-state index is 0.185. The SMILES string of the molecule is CCCC(CCCN1CCOCC1)Oc1ccccc1O. The number of para-hydroxylation sites is 2. The topological polar surface area (TPSA) is 41.9 Å². The number of ether oxygens (including phenoxy) is 2. The Bertz CT molecular complexity index is 405. The summed E-state index contributed by atoms with van der Waals surface area (Å²) in [5, 5.41) is 9.81. The number of rotatable bonds is 8. The molecule has 1 atom stereocenters. The number of phenols is 1. The van der Waals surface area contributed by atoms with Crippen molar-refractivity contribution in [1.82, 2.24) is 4.90 Å². The van der Waals surface area contributed by atoms with Crippen molar-refractivity contribution < 1.29 is 14.6 Å². The molecule has 4 nitrogen and oxygen atoms in total. The molecule has 0 spiro atoms. The van der Waals surface area contributed by atoms with E-state index >= 15 is 0 Å². The van der Waals surface area contributed by atoms with Crippen LogP contribution in [-0.2, 0) is 4.74 Å². The molecule has 1 aliphatic rings. The first-order chi connectivity index (χ1) is 10.3. The number of benzene rings is 1. The molecule has 0 amide bonds. The van der Waals surface area contributed by atoms with Crippen LogP contribution in [0.25, 0.3) is 0 Å². The summed E-state index contributed by atoms with van der Waals surface area (Å²) >= 11 is 0. The molecular formula is C17H27NO3. The van der Waals surface area contributed by atoms with Crippen LogP contribution in [0.5, 0.6) is 11.5 Å². The van der Waals surface area contributed by atoms with Gasteiger partial charge in [-0.2, -0.15) is 0 Å². The van der Waals surface area contributed by atoms with E-state index in [1.807, 2.05) is 18.2 Å². The number of hydrogen-bond donors (Lipinski definition) is 1. The molecule has 1 unspecified atom stereocenters. The van der Waals surface area contributed by atoms with E-state index in [2.05, 4.69) is 11.8 Å². The third-order valence-electron chi connectivity index (χ3n) is 3.87. The lowest BCUT2D eigenvalue weighted by molar-refractivity contribution is 0.0355. The normalized spacial score (nSPS) is 17.6. The van der Waals surface area contributed by atoms with Gasteiger partial charge in [-0.05, 0) is 37.9 Å². The molecule has 1 heterocycles. The van der Waals surface area contributed by atoms with E-state index in [4.69, 9.17) is 9.47 Å². The van der Waals surface area contributed by atoms with Gasteiger partial charge in [0.2, 0.25) is 0 Å². The maximum Gasteiger partial charge on any atom is 0.161 e. The molecule has 0 aromatic heterocycles. The molecule has 1 saturated heterocycles. The highest BCUT2D eigenvalue weighted by atomic mass is 16.5. The third-order valence-corrected chi connectivity index (χ3v) is 3.87. The van der Waals surface area contributed by atoms with Crippen LogP contribution in [0.2, 0.25) is 0 Å². The maximum atomic E-state index is 9.81. The summed E-state index contributed by atoms with van der Waals surface area (Å²) in [5.74, 6) is 0.828. The third kappa shape index (κ3) is 5.56. The first-order valence-electron chi connectivity index (χ1n) is 8.04. The second-order valence-electron chi connectivity index (χ2n) is 5.59. The number of aromatic hydroxyl groups is 1. The highest BCUT2D eigenvalue weighted by Crippen LogP contribution is 2.27. The van der Waals surface area contributed by atoms with Crippen LogP contribution in [0.3, 0.4) is 0 Å². The first kappa shape index (κ1) is 16.1. The van der Waals surface area contributed by atoms with Crippen molar-refractivity contribution in [3.05, 3.63) is 24.3 Å². The largest absolute Gasteiger partial charge is 0.504 e. The van der Waals surface area contributed by atoms with E-state index in [1.54, 1.807) is 6.07 Å². The summed E-state index contributed by atoms with van der Waals surface area (Å²) in [4.78, 5) is 2.45. The summed E-state index contributed by atoms with van der Waals surface area (Å²) in [6, 6.07) is 7.22. The maximum absolute atomic E-state index is 9.81. The zero-order valence-corrected chi connectivity index (χ0v) is 13.0. The van der Waals surface area contributed by atoms with Gasteiger partial charge in [-0.3, -0.25) is 4.90 Å². The number of morpholine rings is 1. The van der Waals surface area contributed by atoms with Gasteiger partial charge in [0.15, 0.2) is 11.5 Å². The van der Waals surface area contributed by atoms with Gasteiger partial charge < -0.3 is 14.6 Å². The Balaban J connectivity index is 1.77. The van der Waals surface area contributed by atoms with Gasteiger partial charge in [0.05, 0.1) is 19.3 Å². The fraction of sp³-hybridized carbons (Fsp3) is 0.647. The Hall–Kier alpha value is -1.26. The molecule has 1 aliphatic heterocycles. The highest BCUT2D eigenvalue weighted by molar-refractivity contribution is 5.38. The molecule has 0 bridgehead atoms. The van der Waals surface area contributed by atoms with Crippen LogP contribution < -0.4 is 4.74 Å². The smallest absolute Gasteiger partial charge is 0.161 e. The molecule has 1 aromatic rings. The fourth-order valence-corrected chi connectivity index (χ4v) is 2.69. The standard InChI is InChI=1S/C17H27NO3/c1-2-6-15(21-17-9-4-3-8-16(17)19)7-5-10-18-11-13-20-14-12-18/h3-4,8-9,15,19H,2,5-7,10-14H2,1H3. The van der Waals surface area contributed by atoms with E-state index < -0.39 is 0 Å². The Morgan fingerprint density at radius 2 is 2.00 bits per heavy atom. The predicted molar refractivity (Wildman–Crippen MR) is 83.9 cm³/mol. The van der Waals surface area contributed by atoms with Gasteiger partial charge in [0.25, 0.3) is 0 Å². The summed E-state index contributed by atoms with van der Waals surface area (Å²) in [6.45, 7) is 7.06. The van der Waals surface area contributed by atoms with Crippen LogP contribution in [-0.4, -0.2) is 49.0 Å². The van der Waals surface area contributed by atoms with Crippen LogP contribution in [0.15, 0.2) is 24.3 Å². The van der Waals surface area contributed by atoms with Gasteiger partial charge in [0.1, 0.15) is 0 Å². The molecule has 0 aliphatic carbocycles. The minimum Gasteiger partial charge on any atom is -0.504 e. The molecule has 0 saturated carbocycles. The first-order valence-corrected chi connectivity index (χ1v) is 8.04. The van der Waals surface area contributed by atoms with Gasteiger partial charge >= 0.3 is 0 Å². The van der Waals surface area contributed by atoms with E-state index in [0.29, 0.717) is 5.75 Å². The van der Waals surface area contributed by atoms with Crippen LogP contribution >= 0.6 is 0 Å². The van der Waals surface area contributed by atoms with Gasteiger partial charge in [0, 0.05) is 13.1 Å². The zero-order chi connectivity index (χ0) is 14.9. The number of hydrogen-bond acceptors (Lipinski definition) is 4. The number of nitrogens with zero attached hydrogens (tertiary/aromatic N) is 1. The zero-order valence-electron chi connectivity index (χ0n) is 13.0. The molecule has 2 rings (SSSR count). The average molecular weight is 293 g/mol. The van der Waals surface area contributed by atoms with Gasteiger partial charge in [-0.1, -0.05) is 25.5 Å². The molecule has 4 heteroatoms. The molecule has 21 heavy (non-hydrogen) atoms. The van der Waals surface area contributed by atoms with Crippen molar-refractivity contribution in [3.63, 3.8) is 0 Å². The number of phenolic OH excluding ortho intramolecular Hbond substituents is 1. The van der Waals surface area contributed by atoms with Crippen molar-refractivity contribution in [2.24, 2.45) is 0 Å². The van der Waals surface area contributed by atoms with E-state index in [9.17, 15) is 5.11 Å². The van der Waals surface area contributed by atoms with Gasteiger partial charge in [-0.15, -0.1) is 0 Å². The molecule has 118 valence electrons. The van der Waals surface area contributed by atoms with Crippen LogP contribution in [0.4, 0.5) is 0 Å². The highest BCUT2D eigenvalue weighted by Gasteiger charge is 2.14. The quantitative estimate of drug-likeness (QED) is 0.800. The Morgan fingerprint density at radius 3 is 2.71 bits per heavy atom. The summed E-state index contributed by atoms with van der Waals surface area (Å²) in [5.41, 5.74) is 0. The van der Waals surface area contributed by atoms with Crippen molar-refractivity contribution in [2.75, 3.05) is 32.8 Å². The van der Waals surface area contributed by atoms with E-state index in [0.717, 1.165) is 58.5 Å². The fourth-order valence-electron chi connectivity index (χ4n) is 2.69. The Morgan fingerprint density at radius 1 is 1.24 bits per heavy atom. The van der Waals surface area contributed by atoms with Crippen molar-refractivity contribution in [1.29, 1.82) is 0 Å². The molecule has 1 aromatic carbocycles. The van der Waals surface area contributed by atoms with E-state index in [1.165, 1.54) is 0 Å². The molecular weight excluding hydrogens is 266 g/mol. The van der Waals surface area contributed by atoms with Crippen molar-refractivity contribution in [3.8, 4) is 11.5 Å². The average Bonchev–Trinajstić information content (AvgIpc) is 2.51. The Labute approximate surface area is 127 Å². The Kier molecular flexibility index (Phi) is 6.83. The second kappa shape index (κ2) is 8.90. The van der Waals surface area contributed by atoms with Crippen molar-refractivity contribution in [2.45, 2.75) is 38.7 Å². The van der Waals surface area contributed by atoms with Crippen LogP contribution in [0.1, 0.15) is 32.6 Å². The van der Waals surface area contributed by atoms with Crippen molar-refractivity contribution >= 4 is 0 Å². The lowest BCUT2D eigenvalue weighted by Crippen LogP contribution is -2.37. The predicted octanol–water partition coefficient (Wildman–Crippen LogP) is 3.05. The lowest BCUT2D eigenvalue weighted by atomic mass is 10.1. The summed E-state index contributed by atoms with van der Waals surface area (Å²) in [7, 11) is 0. The molecule has 1 fully saturated rings. The molecule has 1 N–H and O–H groups in total. The van der Waals surface area contributed by atoms with Gasteiger partial charge in [-0.25, -0.2) is 0 Å². The lowest BCUT2D eigenvalue weighted by Gasteiger charge is -2.27.